The van der Waals surface area contributed by atoms with Gasteiger partial charge in [-0.25, -0.2) is 0 Å². The summed E-state index contributed by atoms with van der Waals surface area (Å²) in [7, 11) is 0. The molecule has 0 unspecified atom stereocenters. The van der Waals surface area contributed by atoms with E-state index >= 15 is 0 Å². The molecule has 0 bridgehead atoms. The third-order valence-electron chi connectivity index (χ3n) is 8.30. The molecule has 0 spiro atoms. The van der Waals surface area contributed by atoms with E-state index in [1.165, 1.54) is 0 Å². The Hall–Kier alpha value is -0.700. The lowest BCUT2D eigenvalue weighted by molar-refractivity contribution is -0.166. The Morgan fingerprint density at radius 3 is 2.59 bits per heavy atom. The van der Waals surface area contributed by atoms with Crippen molar-refractivity contribution in [3.8, 4) is 0 Å². The van der Waals surface area contributed by atoms with Crippen LogP contribution in [0.3, 0.4) is 0 Å². The first-order chi connectivity index (χ1) is 10.4. The van der Waals surface area contributed by atoms with E-state index in [4.69, 9.17) is 0 Å². The number of ketones is 2. The zero-order valence-electron chi connectivity index (χ0n) is 13.8. The van der Waals surface area contributed by atoms with E-state index in [2.05, 4.69) is 6.92 Å². The summed E-state index contributed by atoms with van der Waals surface area (Å²) >= 11 is 0. The van der Waals surface area contributed by atoms with Gasteiger partial charge in [-0.15, -0.1) is 0 Å². The molecule has 0 saturated heterocycles. The van der Waals surface area contributed by atoms with Crippen molar-refractivity contribution in [2.45, 2.75) is 71.3 Å². The summed E-state index contributed by atoms with van der Waals surface area (Å²) in [6.07, 6.45) is 6.64. The molecule has 1 N–H and O–H groups in total. The molecule has 7 atom stereocenters. The summed E-state index contributed by atoms with van der Waals surface area (Å²) < 4.78 is 0. The van der Waals surface area contributed by atoms with Crippen molar-refractivity contribution < 1.29 is 14.7 Å². The van der Waals surface area contributed by atoms with Crippen LogP contribution in [-0.2, 0) is 9.59 Å². The van der Waals surface area contributed by atoms with E-state index in [1.54, 1.807) is 0 Å². The van der Waals surface area contributed by atoms with E-state index in [9.17, 15) is 14.7 Å². The molecule has 4 aliphatic rings. The molecule has 0 aromatic carbocycles. The molecule has 0 radical (unpaired) electrons. The van der Waals surface area contributed by atoms with Gasteiger partial charge in [0.2, 0.25) is 0 Å². The van der Waals surface area contributed by atoms with Crippen molar-refractivity contribution in [2.24, 2.45) is 34.5 Å². The average molecular weight is 304 g/mol. The first-order valence-electron chi connectivity index (χ1n) is 9.10. The number of carbonyl (C=O) groups excluding carboxylic acids is 2. The molecule has 4 saturated carbocycles. The van der Waals surface area contributed by atoms with Crippen molar-refractivity contribution in [3.05, 3.63) is 0 Å². The second-order valence-corrected chi connectivity index (χ2v) is 8.90. The number of carbonyl (C=O) groups is 2. The molecule has 4 fully saturated rings. The van der Waals surface area contributed by atoms with Crippen LogP contribution in [-0.4, -0.2) is 22.8 Å². The van der Waals surface area contributed by atoms with Crippen LogP contribution in [0.5, 0.6) is 0 Å². The minimum atomic E-state index is -0.491. The van der Waals surface area contributed by atoms with E-state index < -0.39 is 11.5 Å². The molecule has 0 aliphatic heterocycles. The quantitative estimate of drug-likeness (QED) is 0.748. The molecule has 3 heteroatoms. The van der Waals surface area contributed by atoms with Crippen molar-refractivity contribution in [2.75, 3.05) is 0 Å². The number of aliphatic hydroxyl groups excluding tert-OH is 1. The van der Waals surface area contributed by atoms with Crippen LogP contribution in [0, 0.1) is 34.5 Å². The molecule has 3 nitrogen and oxygen atoms in total. The highest BCUT2D eigenvalue weighted by molar-refractivity contribution is 5.88. The number of Topliss-reactive ketones (excluding diaryl/α,β-unsaturated/α-hetero) is 2. The van der Waals surface area contributed by atoms with Gasteiger partial charge in [-0.05, 0) is 68.1 Å². The first-order valence-corrected chi connectivity index (χ1v) is 9.10. The smallest absolute Gasteiger partial charge is 0.141 e. The van der Waals surface area contributed by atoms with Crippen molar-refractivity contribution >= 4 is 11.6 Å². The number of fused-ring (bicyclic) bond motifs is 5. The van der Waals surface area contributed by atoms with Gasteiger partial charge in [-0.2, -0.15) is 0 Å². The van der Waals surface area contributed by atoms with Gasteiger partial charge in [-0.1, -0.05) is 6.92 Å². The number of hydrogen-bond donors (Lipinski definition) is 1. The lowest BCUT2D eigenvalue weighted by Gasteiger charge is -2.60. The maximum Gasteiger partial charge on any atom is 0.141 e. The fourth-order valence-corrected chi connectivity index (χ4v) is 6.79. The average Bonchev–Trinajstić information content (AvgIpc) is 2.79. The minimum absolute atomic E-state index is 0.199. The van der Waals surface area contributed by atoms with Crippen molar-refractivity contribution in [1.82, 2.24) is 0 Å². The molecule has 0 aromatic heterocycles. The maximum absolute atomic E-state index is 12.4. The van der Waals surface area contributed by atoms with Gasteiger partial charge in [0.25, 0.3) is 0 Å². The molecule has 122 valence electrons. The van der Waals surface area contributed by atoms with E-state index in [0.717, 1.165) is 38.5 Å². The largest absolute Gasteiger partial charge is 0.392 e. The highest BCUT2D eigenvalue weighted by atomic mass is 16.3. The highest BCUT2D eigenvalue weighted by Crippen LogP contribution is 2.65. The second kappa shape index (κ2) is 4.66. The molecule has 4 rings (SSSR count). The molecule has 0 aromatic rings. The Kier molecular flexibility index (Phi) is 3.15. The number of rotatable bonds is 0. The van der Waals surface area contributed by atoms with E-state index in [0.29, 0.717) is 42.3 Å². The summed E-state index contributed by atoms with van der Waals surface area (Å²) in [6, 6.07) is 0. The van der Waals surface area contributed by atoms with Gasteiger partial charge in [0, 0.05) is 19.3 Å². The lowest BCUT2D eigenvalue weighted by atomic mass is 9.44. The molecule has 0 heterocycles. The molecule has 0 amide bonds. The standard InChI is InChI=1S/C19H28O3/c1-18-8-7-12(20)9-11(18)3-4-13-14-5-6-16(21)19(14,2)17(22)10-15(13)18/h11,13-15,17,22H,3-10H2,1-2H3/t11-,13+,14+,15+,17+,18+,19+/m1/s1. The van der Waals surface area contributed by atoms with Crippen LogP contribution in [0.2, 0.25) is 0 Å². The van der Waals surface area contributed by atoms with Gasteiger partial charge in [0.15, 0.2) is 0 Å². The van der Waals surface area contributed by atoms with Crippen LogP contribution in [0.25, 0.3) is 0 Å². The zero-order chi connectivity index (χ0) is 15.7. The number of hydrogen-bond acceptors (Lipinski definition) is 3. The minimum Gasteiger partial charge on any atom is -0.392 e. The Morgan fingerprint density at radius 2 is 1.82 bits per heavy atom. The highest BCUT2D eigenvalue weighted by Gasteiger charge is 2.63. The van der Waals surface area contributed by atoms with Crippen molar-refractivity contribution in [1.29, 1.82) is 0 Å². The van der Waals surface area contributed by atoms with Crippen LogP contribution in [0.1, 0.15) is 65.2 Å². The number of aliphatic hydroxyl groups is 1. The fraction of sp³-hybridized carbons (Fsp3) is 0.895. The van der Waals surface area contributed by atoms with Crippen molar-refractivity contribution in [3.63, 3.8) is 0 Å². The SMILES string of the molecule is C[C@]12CCC(=O)C[C@H]1CC[C@@H]1[C@@H]2C[C@H](O)[C@]2(C)C(=O)CC[C@@H]12. The third-order valence-corrected chi connectivity index (χ3v) is 8.30. The fourth-order valence-electron chi connectivity index (χ4n) is 6.79. The lowest BCUT2D eigenvalue weighted by Crippen LogP contribution is -2.58. The summed E-state index contributed by atoms with van der Waals surface area (Å²) in [5.74, 6) is 2.66. The normalized spacial score (nSPS) is 54.6. The van der Waals surface area contributed by atoms with Gasteiger partial charge in [0.1, 0.15) is 11.6 Å². The topological polar surface area (TPSA) is 54.4 Å². The van der Waals surface area contributed by atoms with E-state index in [-0.39, 0.29) is 11.2 Å². The van der Waals surface area contributed by atoms with Gasteiger partial charge in [0.05, 0.1) is 11.5 Å². The summed E-state index contributed by atoms with van der Waals surface area (Å²) in [6.45, 7) is 4.39. The van der Waals surface area contributed by atoms with Crippen LogP contribution >= 0.6 is 0 Å². The molecule has 4 aliphatic carbocycles. The monoisotopic (exact) mass is 304 g/mol. The summed E-state index contributed by atoms with van der Waals surface area (Å²) in [4.78, 5) is 24.3. The molecular formula is C19H28O3. The predicted octanol–water partition coefficient (Wildman–Crippen LogP) is 3.14. The third kappa shape index (κ3) is 1.72. The van der Waals surface area contributed by atoms with Gasteiger partial charge >= 0.3 is 0 Å². The van der Waals surface area contributed by atoms with Gasteiger partial charge < -0.3 is 5.11 Å². The molecular weight excluding hydrogens is 276 g/mol. The zero-order valence-corrected chi connectivity index (χ0v) is 13.8. The van der Waals surface area contributed by atoms with E-state index in [1.807, 2.05) is 6.92 Å². The van der Waals surface area contributed by atoms with Crippen LogP contribution in [0.15, 0.2) is 0 Å². The first kappa shape index (κ1) is 14.9. The summed E-state index contributed by atoms with van der Waals surface area (Å²) in [5, 5.41) is 10.8. The van der Waals surface area contributed by atoms with Crippen LogP contribution in [0.4, 0.5) is 0 Å². The summed E-state index contributed by atoms with van der Waals surface area (Å²) in [5.41, 5.74) is -0.292. The Labute approximate surface area is 132 Å². The Bertz CT molecular complexity index is 527. The second-order valence-electron chi connectivity index (χ2n) is 8.90. The maximum atomic E-state index is 12.4. The Morgan fingerprint density at radius 1 is 1.05 bits per heavy atom. The molecule has 22 heavy (non-hydrogen) atoms. The Balaban J connectivity index is 1.69. The predicted molar refractivity (Wildman–Crippen MR) is 83.1 cm³/mol. The van der Waals surface area contributed by atoms with Gasteiger partial charge in [-0.3, -0.25) is 9.59 Å². The van der Waals surface area contributed by atoms with Crippen LogP contribution < -0.4 is 0 Å².